The van der Waals surface area contributed by atoms with E-state index in [1.54, 1.807) is 6.92 Å². The average Bonchev–Trinajstić information content (AvgIpc) is 2.01. The third kappa shape index (κ3) is 4.91. The number of sulfone groups is 1. The van der Waals surface area contributed by atoms with Crippen molar-refractivity contribution in [2.45, 2.75) is 37.5 Å². The number of nitrogens with two attached hydrogens (primary N) is 1. The maximum Gasteiger partial charge on any atom is 0.151 e. The molecule has 2 unspecified atom stereocenters. The Morgan fingerprint density at radius 2 is 2.08 bits per heavy atom. The molecular weight excluding hydrogens is 186 g/mol. The van der Waals surface area contributed by atoms with Gasteiger partial charge in [0, 0.05) is 18.7 Å². The van der Waals surface area contributed by atoms with Gasteiger partial charge in [-0.1, -0.05) is 0 Å². The van der Waals surface area contributed by atoms with Crippen LogP contribution >= 0.6 is 0 Å². The highest BCUT2D eigenvalue weighted by Crippen LogP contribution is 2.08. The molecule has 2 atom stereocenters. The lowest BCUT2D eigenvalue weighted by atomic mass is 10.1. The predicted molar refractivity (Wildman–Crippen MR) is 55.0 cm³/mol. The molecule has 0 rings (SSSR count). The number of hydrogen-bond donors (Lipinski definition) is 1. The summed E-state index contributed by atoms with van der Waals surface area (Å²) in [5.74, 6) is 2.50. The van der Waals surface area contributed by atoms with E-state index >= 15 is 0 Å². The van der Waals surface area contributed by atoms with Crippen molar-refractivity contribution in [2.24, 2.45) is 5.73 Å². The molecule has 0 saturated heterocycles. The summed E-state index contributed by atoms with van der Waals surface area (Å²) in [7, 11) is -3.02. The minimum atomic E-state index is -3.02. The Hall–Kier alpha value is -0.530. The van der Waals surface area contributed by atoms with Crippen LogP contribution in [-0.2, 0) is 9.84 Å². The molecule has 0 spiro atoms. The molecule has 76 valence electrons. The highest BCUT2D eigenvalue weighted by Gasteiger charge is 2.21. The molecule has 0 aliphatic heterocycles. The second-order valence-electron chi connectivity index (χ2n) is 3.29. The van der Waals surface area contributed by atoms with Crippen LogP contribution in [0.15, 0.2) is 0 Å². The Bertz CT molecular complexity index is 276. The predicted octanol–water partition coefficient (Wildman–Crippen LogP) is 0.550. The normalized spacial score (nSPS) is 16.2. The number of terminal acetylenes is 1. The SMILES string of the molecule is C#CCCCC(N)C(C)S(C)(=O)=O. The van der Waals surface area contributed by atoms with Gasteiger partial charge in [0.1, 0.15) is 0 Å². The lowest BCUT2D eigenvalue weighted by molar-refractivity contribution is 0.537. The van der Waals surface area contributed by atoms with Gasteiger partial charge in [0.25, 0.3) is 0 Å². The highest BCUT2D eigenvalue weighted by molar-refractivity contribution is 7.91. The maximum atomic E-state index is 11.1. The first-order valence-corrected chi connectivity index (χ1v) is 6.23. The Balaban J connectivity index is 3.99. The second kappa shape index (κ2) is 5.25. The van der Waals surface area contributed by atoms with Gasteiger partial charge in [-0.25, -0.2) is 8.42 Å². The topological polar surface area (TPSA) is 60.2 Å². The van der Waals surface area contributed by atoms with Gasteiger partial charge in [0.2, 0.25) is 0 Å². The molecule has 2 N–H and O–H groups in total. The van der Waals surface area contributed by atoms with Crippen LogP contribution in [0.4, 0.5) is 0 Å². The van der Waals surface area contributed by atoms with Crippen LogP contribution in [-0.4, -0.2) is 26.0 Å². The van der Waals surface area contributed by atoms with Crippen molar-refractivity contribution in [1.82, 2.24) is 0 Å². The molecule has 13 heavy (non-hydrogen) atoms. The average molecular weight is 203 g/mol. The van der Waals surface area contributed by atoms with Gasteiger partial charge in [0.15, 0.2) is 9.84 Å². The van der Waals surface area contributed by atoms with Crippen molar-refractivity contribution < 1.29 is 8.42 Å². The van der Waals surface area contributed by atoms with Crippen molar-refractivity contribution in [1.29, 1.82) is 0 Å². The summed E-state index contributed by atoms with van der Waals surface area (Å²) in [6.45, 7) is 1.63. The molecule has 0 saturated carbocycles. The van der Waals surface area contributed by atoms with Gasteiger partial charge >= 0.3 is 0 Å². The number of hydrogen-bond acceptors (Lipinski definition) is 3. The van der Waals surface area contributed by atoms with E-state index in [1.807, 2.05) is 0 Å². The van der Waals surface area contributed by atoms with Crippen molar-refractivity contribution in [2.75, 3.05) is 6.26 Å². The van der Waals surface area contributed by atoms with E-state index in [4.69, 9.17) is 12.2 Å². The van der Waals surface area contributed by atoms with E-state index in [-0.39, 0.29) is 6.04 Å². The smallest absolute Gasteiger partial charge is 0.151 e. The molecule has 0 radical (unpaired) electrons. The summed E-state index contributed by atoms with van der Waals surface area (Å²) in [4.78, 5) is 0. The van der Waals surface area contributed by atoms with Crippen molar-refractivity contribution in [3.8, 4) is 12.3 Å². The number of unbranched alkanes of at least 4 members (excludes halogenated alkanes) is 1. The second-order valence-corrected chi connectivity index (χ2v) is 5.70. The molecule has 0 fully saturated rings. The fourth-order valence-electron chi connectivity index (χ4n) is 0.992. The van der Waals surface area contributed by atoms with Gasteiger partial charge in [-0.3, -0.25) is 0 Å². The monoisotopic (exact) mass is 203 g/mol. The molecule has 0 aromatic carbocycles. The standard InChI is InChI=1S/C9H17NO2S/c1-4-5-6-7-9(10)8(2)13(3,11)12/h1,8-9H,5-7,10H2,2-3H3. The summed E-state index contributed by atoms with van der Waals surface area (Å²) < 4.78 is 22.2. The molecule has 3 nitrogen and oxygen atoms in total. The quantitative estimate of drug-likeness (QED) is 0.524. The molecule has 0 bridgehead atoms. The van der Waals surface area contributed by atoms with Crippen LogP contribution < -0.4 is 5.73 Å². The zero-order valence-electron chi connectivity index (χ0n) is 8.16. The Morgan fingerprint density at radius 1 is 1.54 bits per heavy atom. The molecular formula is C9H17NO2S. The van der Waals surface area contributed by atoms with Crippen molar-refractivity contribution >= 4 is 9.84 Å². The van der Waals surface area contributed by atoms with Gasteiger partial charge in [-0.05, 0) is 19.8 Å². The molecule has 0 aromatic heterocycles. The molecule has 0 aliphatic rings. The first-order valence-electron chi connectivity index (χ1n) is 4.27. The van der Waals surface area contributed by atoms with Gasteiger partial charge in [-0.15, -0.1) is 12.3 Å². The van der Waals surface area contributed by atoms with E-state index in [0.29, 0.717) is 12.8 Å². The van der Waals surface area contributed by atoms with Crippen LogP contribution in [0.2, 0.25) is 0 Å². The molecule has 0 aliphatic carbocycles. The fourth-order valence-corrected chi connectivity index (χ4v) is 1.76. The summed E-state index contributed by atoms with van der Waals surface area (Å²) in [6.07, 6.45) is 8.39. The van der Waals surface area contributed by atoms with Crippen LogP contribution in [0, 0.1) is 12.3 Å². The lowest BCUT2D eigenvalue weighted by Crippen LogP contribution is -2.37. The van der Waals surface area contributed by atoms with E-state index in [1.165, 1.54) is 6.26 Å². The first-order chi connectivity index (χ1) is 5.89. The first kappa shape index (κ1) is 12.5. The van der Waals surface area contributed by atoms with E-state index in [2.05, 4.69) is 5.92 Å². The fraction of sp³-hybridized carbons (Fsp3) is 0.778. The zero-order chi connectivity index (χ0) is 10.5. The third-order valence-corrected chi connectivity index (χ3v) is 3.84. The summed E-state index contributed by atoms with van der Waals surface area (Å²) in [5, 5.41) is -0.481. The van der Waals surface area contributed by atoms with E-state index < -0.39 is 15.1 Å². The molecule has 0 amide bonds. The van der Waals surface area contributed by atoms with E-state index in [0.717, 1.165) is 6.42 Å². The van der Waals surface area contributed by atoms with Gasteiger partial charge < -0.3 is 5.73 Å². The van der Waals surface area contributed by atoms with Gasteiger partial charge in [0.05, 0.1) is 5.25 Å². The van der Waals surface area contributed by atoms with E-state index in [9.17, 15) is 8.42 Å². The summed E-state index contributed by atoms with van der Waals surface area (Å²) >= 11 is 0. The minimum absolute atomic E-state index is 0.302. The number of rotatable bonds is 5. The Morgan fingerprint density at radius 3 is 2.46 bits per heavy atom. The minimum Gasteiger partial charge on any atom is -0.327 e. The Labute approximate surface area is 80.6 Å². The van der Waals surface area contributed by atoms with Crippen molar-refractivity contribution in [3.63, 3.8) is 0 Å². The van der Waals surface area contributed by atoms with Crippen LogP contribution in [0.5, 0.6) is 0 Å². The molecule has 4 heteroatoms. The highest BCUT2D eigenvalue weighted by atomic mass is 32.2. The largest absolute Gasteiger partial charge is 0.327 e. The van der Waals surface area contributed by atoms with Crippen LogP contribution in [0.1, 0.15) is 26.2 Å². The molecule has 0 heterocycles. The van der Waals surface area contributed by atoms with Crippen LogP contribution in [0.25, 0.3) is 0 Å². The van der Waals surface area contributed by atoms with Crippen molar-refractivity contribution in [3.05, 3.63) is 0 Å². The zero-order valence-corrected chi connectivity index (χ0v) is 8.97. The van der Waals surface area contributed by atoms with Crippen LogP contribution in [0.3, 0.4) is 0 Å². The lowest BCUT2D eigenvalue weighted by Gasteiger charge is -2.17. The van der Waals surface area contributed by atoms with Gasteiger partial charge in [-0.2, -0.15) is 0 Å². The third-order valence-electron chi connectivity index (χ3n) is 2.14. The summed E-state index contributed by atoms with van der Waals surface area (Å²) in [6, 6.07) is -0.302. The molecule has 0 aromatic rings. The maximum absolute atomic E-state index is 11.1. The Kier molecular flexibility index (Phi) is 5.04. The summed E-state index contributed by atoms with van der Waals surface area (Å²) in [5.41, 5.74) is 5.70.